The lowest BCUT2D eigenvalue weighted by Crippen LogP contribution is -2.30. The van der Waals surface area contributed by atoms with Gasteiger partial charge in [0.1, 0.15) is 0 Å². The van der Waals surface area contributed by atoms with E-state index >= 15 is 9.59 Å². The van der Waals surface area contributed by atoms with Crippen molar-refractivity contribution in [3.63, 3.8) is 0 Å². The maximum atomic E-state index is 15.7. The van der Waals surface area contributed by atoms with E-state index in [1.165, 1.54) is 4.90 Å². The van der Waals surface area contributed by atoms with E-state index in [-0.39, 0.29) is 5.56 Å². The first-order valence-corrected chi connectivity index (χ1v) is 21.0. The first-order chi connectivity index (χ1) is 31.5. The van der Waals surface area contributed by atoms with Crippen molar-refractivity contribution >= 4 is 39.3 Å². The number of amides is 2. The molecule has 10 aromatic rings. The van der Waals surface area contributed by atoms with Gasteiger partial charge in [0.2, 0.25) is 0 Å². The fourth-order valence-electron chi connectivity index (χ4n) is 9.28. The van der Waals surface area contributed by atoms with Crippen LogP contribution in [0.2, 0.25) is 0 Å². The molecule has 0 unspecified atom stereocenters. The van der Waals surface area contributed by atoms with Crippen LogP contribution in [-0.2, 0) is 0 Å². The number of hydrogen-bond donors (Lipinski definition) is 0. The summed E-state index contributed by atoms with van der Waals surface area (Å²) >= 11 is 0. The zero-order valence-electron chi connectivity index (χ0n) is 34.2. The minimum absolute atomic E-state index is 0.280. The highest BCUT2D eigenvalue weighted by Gasteiger charge is 2.42. The van der Waals surface area contributed by atoms with E-state index in [9.17, 15) is 10.5 Å². The molecule has 2 amide bonds. The van der Waals surface area contributed by atoms with Crippen LogP contribution in [0.5, 0.6) is 0 Å². The number of hydrogen-bond acceptors (Lipinski definition) is 4. The summed E-state index contributed by atoms with van der Waals surface area (Å²) < 4.78 is 2.06. The number of benzene rings is 9. The summed E-state index contributed by atoms with van der Waals surface area (Å²) in [6, 6.07) is 71.4. The number of imide groups is 1. The van der Waals surface area contributed by atoms with Crippen molar-refractivity contribution in [1.29, 1.82) is 10.5 Å². The Morgan fingerprint density at radius 3 is 1.31 bits per heavy atom. The quantitative estimate of drug-likeness (QED) is 0.150. The molecule has 0 radical (unpaired) electrons. The maximum Gasteiger partial charge on any atom is 0.268 e. The fourth-order valence-corrected chi connectivity index (χ4v) is 9.28. The highest BCUT2D eigenvalue weighted by molar-refractivity contribution is 6.37. The number of aromatic nitrogens is 1. The van der Waals surface area contributed by atoms with Crippen molar-refractivity contribution in [3.05, 3.63) is 229 Å². The first kappa shape index (κ1) is 37.9. The third kappa shape index (κ3) is 6.10. The molecule has 0 N–H and O–H groups in total. The van der Waals surface area contributed by atoms with Crippen LogP contribution in [0.1, 0.15) is 31.8 Å². The van der Waals surface area contributed by atoms with E-state index in [2.05, 4.69) is 65.2 Å². The lowest BCUT2D eigenvalue weighted by atomic mass is 9.90. The summed E-state index contributed by atoms with van der Waals surface area (Å²) in [7, 11) is 0. The zero-order valence-corrected chi connectivity index (χ0v) is 34.2. The van der Waals surface area contributed by atoms with Crippen molar-refractivity contribution in [3.8, 4) is 73.5 Å². The van der Waals surface area contributed by atoms with Crippen LogP contribution < -0.4 is 4.90 Å². The SMILES string of the molecule is N#Cc1ccccc1-c1ccc2c3ccc(-c4ccccc4C#N)cc3n(-c3cccc4c3C(=O)N(c3c(-c5ccccc5)cc(-c5ccccc5)cc3-c3ccccc3)C4=O)c2c1. The van der Waals surface area contributed by atoms with Crippen molar-refractivity contribution in [2.45, 2.75) is 0 Å². The molecule has 6 heteroatoms. The number of rotatable bonds is 7. The Balaban J connectivity index is 1.18. The Morgan fingerprint density at radius 2 is 0.812 bits per heavy atom. The summed E-state index contributed by atoms with van der Waals surface area (Å²) in [4.78, 5) is 32.3. The highest BCUT2D eigenvalue weighted by atomic mass is 16.2. The summed E-state index contributed by atoms with van der Waals surface area (Å²) in [5, 5.41) is 22.1. The first-order valence-electron chi connectivity index (χ1n) is 21.0. The molecule has 0 aliphatic carbocycles. The van der Waals surface area contributed by atoms with Gasteiger partial charge in [0.05, 0.1) is 56.8 Å². The molecule has 64 heavy (non-hydrogen) atoms. The highest BCUT2D eigenvalue weighted by Crippen LogP contribution is 2.47. The van der Waals surface area contributed by atoms with Crippen LogP contribution in [-0.4, -0.2) is 16.4 Å². The number of carbonyl (C=O) groups excluding carboxylic acids is 2. The molecule has 11 rings (SSSR count). The van der Waals surface area contributed by atoms with Crippen LogP contribution in [0.25, 0.3) is 83.1 Å². The normalized spacial score (nSPS) is 12.1. The van der Waals surface area contributed by atoms with Gasteiger partial charge in [-0.25, -0.2) is 4.90 Å². The summed E-state index contributed by atoms with van der Waals surface area (Å²) in [6.45, 7) is 0. The number of nitriles is 2. The van der Waals surface area contributed by atoms with Gasteiger partial charge in [-0.15, -0.1) is 0 Å². The molecule has 0 spiro atoms. The molecular formula is C58H34N4O2. The predicted molar refractivity (Wildman–Crippen MR) is 255 cm³/mol. The van der Waals surface area contributed by atoms with Crippen LogP contribution in [0.15, 0.2) is 206 Å². The lowest BCUT2D eigenvalue weighted by Gasteiger charge is -2.24. The molecule has 2 heterocycles. The van der Waals surface area contributed by atoms with E-state index < -0.39 is 11.8 Å². The van der Waals surface area contributed by atoms with Crippen molar-refractivity contribution in [2.24, 2.45) is 0 Å². The smallest absolute Gasteiger partial charge is 0.268 e. The largest absolute Gasteiger partial charge is 0.308 e. The Bertz CT molecular complexity index is 3440. The molecule has 0 bridgehead atoms. The molecule has 9 aromatic carbocycles. The lowest BCUT2D eigenvalue weighted by molar-refractivity contribution is 0.0926. The fraction of sp³-hybridized carbons (Fsp3) is 0. The number of carbonyl (C=O) groups is 2. The third-order valence-electron chi connectivity index (χ3n) is 12.2. The van der Waals surface area contributed by atoms with Crippen LogP contribution >= 0.6 is 0 Å². The second kappa shape index (κ2) is 15.4. The van der Waals surface area contributed by atoms with Crippen LogP contribution in [0, 0.1) is 22.7 Å². The summed E-state index contributed by atoms with van der Waals surface area (Å²) in [6.07, 6.45) is 0. The standard InChI is InChI=1S/C58H34N4O2/c59-35-42-21-10-12-23-45(42)40-27-29-47-48-30-28-41(46-24-13-11-22-43(46)36-60)34-54(48)61(53(47)33-40)52-26-14-25-49-55(52)58(64)62(57(49)63)56-50(38-17-6-2-7-18-38)31-44(37-15-4-1-5-16-37)32-51(56)39-19-8-3-9-20-39/h1-34H. The van der Waals surface area contributed by atoms with Gasteiger partial charge in [-0.05, 0) is 93.0 Å². The molecule has 298 valence electrons. The van der Waals surface area contributed by atoms with Gasteiger partial charge >= 0.3 is 0 Å². The zero-order chi connectivity index (χ0) is 43.3. The van der Waals surface area contributed by atoms with Gasteiger partial charge in [-0.2, -0.15) is 10.5 Å². The van der Waals surface area contributed by atoms with Crippen LogP contribution in [0.3, 0.4) is 0 Å². The van der Waals surface area contributed by atoms with E-state index in [0.29, 0.717) is 28.1 Å². The average molecular weight is 819 g/mol. The average Bonchev–Trinajstić information content (AvgIpc) is 3.82. The molecular weight excluding hydrogens is 785 g/mol. The summed E-state index contributed by atoms with van der Waals surface area (Å²) in [5.41, 5.74) is 12.7. The van der Waals surface area contributed by atoms with Crippen molar-refractivity contribution < 1.29 is 9.59 Å². The van der Waals surface area contributed by atoms with Crippen molar-refractivity contribution in [1.82, 2.24) is 4.57 Å². The van der Waals surface area contributed by atoms with Crippen LogP contribution in [0.4, 0.5) is 5.69 Å². The van der Waals surface area contributed by atoms with E-state index in [4.69, 9.17) is 0 Å². The van der Waals surface area contributed by atoms with Gasteiger partial charge < -0.3 is 4.57 Å². The van der Waals surface area contributed by atoms with E-state index in [1.54, 1.807) is 18.2 Å². The minimum atomic E-state index is -0.440. The molecule has 0 fully saturated rings. The molecule has 0 saturated carbocycles. The molecule has 1 aliphatic heterocycles. The van der Waals surface area contributed by atoms with Gasteiger partial charge in [-0.3, -0.25) is 9.59 Å². The second-order valence-electron chi connectivity index (χ2n) is 15.8. The van der Waals surface area contributed by atoms with E-state index in [0.717, 1.165) is 77.4 Å². The molecule has 1 aromatic heterocycles. The Hall–Kier alpha value is -9.10. The number of fused-ring (bicyclic) bond motifs is 4. The number of anilines is 1. The second-order valence-corrected chi connectivity index (χ2v) is 15.8. The third-order valence-corrected chi connectivity index (χ3v) is 12.2. The Kier molecular flexibility index (Phi) is 9.12. The Morgan fingerprint density at radius 1 is 0.359 bits per heavy atom. The molecule has 6 nitrogen and oxygen atoms in total. The van der Waals surface area contributed by atoms with Gasteiger partial charge in [0.15, 0.2) is 0 Å². The molecule has 0 saturated heterocycles. The molecule has 0 atom stereocenters. The molecule has 1 aliphatic rings. The number of nitrogens with zero attached hydrogens (tertiary/aromatic N) is 4. The Labute approximate surface area is 369 Å². The maximum absolute atomic E-state index is 15.7. The summed E-state index contributed by atoms with van der Waals surface area (Å²) in [5.74, 6) is -0.860. The van der Waals surface area contributed by atoms with E-state index in [1.807, 2.05) is 140 Å². The van der Waals surface area contributed by atoms with Gasteiger partial charge in [-0.1, -0.05) is 158 Å². The monoisotopic (exact) mass is 818 g/mol. The van der Waals surface area contributed by atoms with Gasteiger partial charge in [0, 0.05) is 21.9 Å². The van der Waals surface area contributed by atoms with Crippen molar-refractivity contribution in [2.75, 3.05) is 4.90 Å². The topological polar surface area (TPSA) is 89.9 Å². The van der Waals surface area contributed by atoms with Gasteiger partial charge in [0.25, 0.3) is 11.8 Å². The predicted octanol–water partition coefficient (Wildman–Crippen LogP) is 13.7. The minimum Gasteiger partial charge on any atom is -0.308 e.